The summed E-state index contributed by atoms with van der Waals surface area (Å²) in [4.78, 5) is 18.4. The van der Waals surface area contributed by atoms with Crippen molar-refractivity contribution in [1.82, 2.24) is 9.97 Å². The molecule has 2 aromatic heterocycles. The van der Waals surface area contributed by atoms with Gasteiger partial charge in [-0.05, 0) is 28.5 Å². The van der Waals surface area contributed by atoms with Crippen LogP contribution in [0.25, 0.3) is 28.8 Å². The van der Waals surface area contributed by atoms with Crippen molar-refractivity contribution < 1.29 is 15.3 Å². The van der Waals surface area contributed by atoms with E-state index in [4.69, 9.17) is 0 Å². The fourth-order valence-corrected chi connectivity index (χ4v) is 3.12. The Morgan fingerprint density at radius 1 is 1.16 bits per heavy atom. The highest BCUT2D eigenvalue weighted by Gasteiger charge is 2.12. The fraction of sp³-hybridized carbons (Fsp3) is 0.0526. The summed E-state index contributed by atoms with van der Waals surface area (Å²) in [5.74, 6) is -0.231. The van der Waals surface area contributed by atoms with Crippen LogP contribution in [0.5, 0.6) is 11.6 Å². The average Bonchev–Trinajstić information content (AvgIpc) is 2.53. The number of rotatable bonds is 1. The Hall–Kier alpha value is -3.54. The smallest absolute Gasteiger partial charge is 0.261 e. The van der Waals surface area contributed by atoms with E-state index in [0.29, 0.717) is 10.7 Å². The number of fused-ring (bicyclic) bond motifs is 2. The number of hydrogen-bond donors (Lipinski definition) is 4. The summed E-state index contributed by atoms with van der Waals surface area (Å²) in [5.41, 5.74) is 1.62. The van der Waals surface area contributed by atoms with E-state index in [2.05, 4.69) is 9.97 Å². The minimum absolute atomic E-state index is 0.0624. The van der Waals surface area contributed by atoms with E-state index in [-0.39, 0.29) is 29.0 Å². The molecule has 1 aromatic carbocycles. The van der Waals surface area contributed by atoms with Gasteiger partial charge in [-0.15, -0.1) is 0 Å². The number of aromatic nitrogens is 2. The van der Waals surface area contributed by atoms with Gasteiger partial charge in [-0.25, -0.2) is 0 Å². The summed E-state index contributed by atoms with van der Waals surface area (Å²) in [7, 11) is 0. The first-order valence-corrected chi connectivity index (χ1v) is 7.66. The van der Waals surface area contributed by atoms with Crippen LogP contribution >= 0.6 is 0 Å². The van der Waals surface area contributed by atoms with Gasteiger partial charge in [0.05, 0.1) is 10.7 Å². The summed E-state index contributed by atoms with van der Waals surface area (Å²) >= 11 is 0. The second-order valence-electron chi connectivity index (χ2n) is 5.91. The Balaban J connectivity index is 1.95. The van der Waals surface area contributed by atoms with Crippen LogP contribution in [-0.2, 0) is 0 Å². The first-order valence-electron chi connectivity index (χ1n) is 7.66. The van der Waals surface area contributed by atoms with Crippen LogP contribution < -0.4 is 16.0 Å². The third-order valence-electron chi connectivity index (χ3n) is 4.13. The van der Waals surface area contributed by atoms with Crippen molar-refractivity contribution >= 4 is 28.8 Å². The molecule has 25 heavy (non-hydrogen) atoms. The zero-order valence-electron chi connectivity index (χ0n) is 13.0. The van der Waals surface area contributed by atoms with E-state index >= 15 is 0 Å². The number of aliphatic hydroxyl groups excluding tert-OH is 1. The van der Waals surface area contributed by atoms with Crippen LogP contribution in [0.2, 0.25) is 0 Å². The molecule has 0 aliphatic heterocycles. The van der Waals surface area contributed by atoms with E-state index in [1.54, 1.807) is 24.4 Å². The molecule has 0 unspecified atom stereocenters. The monoisotopic (exact) mass is 334 g/mol. The number of aromatic hydroxyl groups is 2. The molecule has 6 heteroatoms. The largest absolute Gasteiger partial charge is 0.511 e. The lowest BCUT2D eigenvalue weighted by Crippen LogP contribution is -2.43. The standard InChI is InChI=1S/C19H14N2O4/c22-13-7-11(14-2-1-3-20-15(14)9-13)4-10-5-12-8-17(24)21-19(25)18(12)16(23)6-10/h1-5,7-9,22-24H,6H2,(H,21,25). The zero-order valence-corrected chi connectivity index (χ0v) is 13.0. The van der Waals surface area contributed by atoms with Crippen molar-refractivity contribution in [3.8, 4) is 11.6 Å². The summed E-state index contributed by atoms with van der Waals surface area (Å²) in [6, 6.07) is 8.29. The van der Waals surface area contributed by atoms with Gasteiger partial charge in [-0.3, -0.25) is 14.8 Å². The van der Waals surface area contributed by atoms with Crippen molar-refractivity contribution in [3.63, 3.8) is 0 Å². The van der Waals surface area contributed by atoms with Gasteiger partial charge in [0.15, 0.2) is 5.88 Å². The van der Waals surface area contributed by atoms with Crippen molar-refractivity contribution in [1.29, 1.82) is 0 Å². The maximum Gasteiger partial charge on any atom is 0.261 e. The Labute approximate surface area is 141 Å². The Morgan fingerprint density at radius 3 is 2.84 bits per heavy atom. The molecule has 0 fully saturated rings. The van der Waals surface area contributed by atoms with Gasteiger partial charge in [0.25, 0.3) is 5.56 Å². The van der Waals surface area contributed by atoms with E-state index in [1.807, 2.05) is 18.2 Å². The highest BCUT2D eigenvalue weighted by Crippen LogP contribution is 2.26. The number of hydrogen-bond acceptors (Lipinski definition) is 5. The molecule has 124 valence electrons. The van der Waals surface area contributed by atoms with Crippen LogP contribution in [0, 0.1) is 0 Å². The van der Waals surface area contributed by atoms with Gasteiger partial charge in [0, 0.05) is 30.1 Å². The first kappa shape index (κ1) is 15.0. The normalized spacial score (nSPS) is 15.2. The molecule has 0 saturated carbocycles. The molecule has 3 aromatic rings. The SMILES string of the molecule is O=c1[nH]c(O)cc2c1=C(O)CC(=Cc1cc(O)cc3ncccc13)C=2. The van der Waals surface area contributed by atoms with Crippen molar-refractivity contribution in [2.75, 3.05) is 0 Å². The van der Waals surface area contributed by atoms with E-state index in [9.17, 15) is 20.1 Å². The molecule has 0 amide bonds. The van der Waals surface area contributed by atoms with Crippen molar-refractivity contribution in [2.24, 2.45) is 0 Å². The highest BCUT2D eigenvalue weighted by molar-refractivity contribution is 5.91. The van der Waals surface area contributed by atoms with Crippen LogP contribution in [0.4, 0.5) is 0 Å². The van der Waals surface area contributed by atoms with Crippen molar-refractivity contribution in [3.05, 3.63) is 68.5 Å². The fourth-order valence-electron chi connectivity index (χ4n) is 3.12. The third kappa shape index (κ3) is 2.63. The van der Waals surface area contributed by atoms with Crippen molar-refractivity contribution in [2.45, 2.75) is 6.42 Å². The molecule has 0 saturated heterocycles. The number of phenols is 1. The quantitative estimate of drug-likeness (QED) is 0.536. The lowest BCUT2D eigenvalue weighted by molar-refractivity contribution is 0.449. The molecule has 4 rings (SSSR count). The molecule has 0 atom stereocenters. The Bertz CT molecular complexity index is 1220. The van der Waals surface area contributed by atoms with Gasteiger partial charge in [0.2, 0.25) is 0 Å². The maximum atomic E-state index is 11.9. The first-order chi connectivity index (χ1) is 12.0. The topological polar surface area (TPSA) is 106 Å². The predicted molar refractivity (Wildman–Crippen MR) is 94.5 cm³/mol. The molecule has 4 N–H and O–H groups in total. The highest BCUT2D eigenvalue weighted by atomic mass is 16.3. The second-order valence-corrected chi connectivity index (χ2v) is 5.91. The summed E-state index contributed by atoms with van der Waals surface area (Å²) in [6.45, 7) is 0. The van der Waals surface area contributed by atoms with Gasteiger partial charge < -0.3 is 15.3 Å². The summed E-state index contributed by atoms with van der Waals surface area (Å²) < 4.78 is 0. The van der Waals surface area contributed by atoms with Crippen LogP contribution in [0.15, 0.2) is 46.9 Å². The predicted octanol–water partition coefficient (Wildman–Crippen LogP) is 1.27. The van der Waals surface area contributed by atoms with Gasteiger partial charge in [0.1, 0.15) is 11.5 Å². The summed E-state index contributed by atoms with van der Waals surface area (Å²) in [6.07, 6.45) is 5.38. The zero-order chi connectivity index (χ0) is 17.6. The van der Waals surface area contributed by atoms with Gasteiger partial charge >= 0.3 is 0 Å². The minimum Gasteiger partial charge on any atom is -0.511 e. The number of pyridine rings is 2. The molecule has 1 aliphatic carbocycles. The number of nitrogens with one attached hydrogen (secondary N) is 1. The molecule has 0 spiro atoms. The number of nitrogens with zero attached hydrogens (tertiary/aromatic N) is 1. The second kappa shape index (κ2) is 5.52. The molecule has 1 aliphatic rings. The summed E-state index contributed by atoms with van der Waals surface area (Å²) in [5, 5.41) is 31.2. The molecule has 0 bridgehead atoms. The maximum absolute atomic E-state index is 11.9. The Morgan fingerprint density at radius 2 is 2.00 bits per heavy atom. The minimum atomic E-state index is -0.533. The van der Waals surface area contributed by atoms with Gasteiger partial charge in [-0.1, -0.05) is 18.2 Å². The molecular weight excluding hydrogens is 320 g/mol. The van der Waals surface area contributed by atoms with E-state index in [0.717, 1.165) is 16.5 Å². The van der Waals surface area contributed by atoms with Crippen LogP contribution in [-0.4, -0.2) is 25.3 Å². The number of aromatic amines is 1. The number of phenolic OH excluding ortho intramolecular Hbond substituents is 1. The lowest BCUT2D eigenvalue weighted by atomic mass is 9.98. The van der Waals surface area contributed by atoms with Crippen LogP contribution in [0.1, 0.15) is 12.0 Å². The molecular formula is C19H14N2O4. The number of benzene rings is 1. The molecule has 6 nitrogen and oxygen atoms in total. The van der Waals surface area contributed by atoms with E-state index in [1.165, 1.54) is 6.07 Å². The van der Waals surface area contributed by atoms with E-state index < -0.39 is 5.56 Å². The molecule has 2 heterocycles. The average molecular weight is 334 g/mol. The molecule has 0 radical (unpaired) electrons. The number of H-pyrrole nitrogens is 1. The van der Waals surface area contributed by atoms with Crippen LogP contribution in [0.3, 0.4) is 0 Å². The Kier molecular flexibility index (Phi) is 3.32. The van der Waals surface area contributed by atoms with Gasteiger partial charge in [-0.2, -0.15) is 0 Å². The third-order valence-corrected chi connectivity index (χ3v) is 4.13. The number of aliphatic hydroxyl groups is 1. The lowest BCUT2D eigenvalue weighted by Gasteiger charge is -2.10.